The molecule has 28 heavy (non-hydrogen) atoms. The fourth-order valence-corrected chi connectivity index (χ4v) is 2.83. The SMILES string of the molecule is CCc1ccc(N(C)c2ncc(C(F)(F)F)c(N(C)c3ccccc3)n2)cc1. The van der Waals surface area contributed by atoms with E-state index >= 15 is 0 Å². The van der Waals surface area contributed by atoms with Crippen LogP contribution in [0.25, 0.3) is 0 Å². The minimum Gasteiger partial charge on any atom is -0.329 e. The molecule has 0 aliphatic carbocycles. The summed E-state index contributed by atoms with van der Waals surface area (Å²) in [4.78, 5) is 11.3. The highest BCUT2D eigenvalue weighted by atomic mass is 19.4. The van der Waals surface area contributed by atoms with Gasteiger partial charge in [0.05, 0.1) is 0 Å². The van der Waals surface area contributed by atoms with Crippen LogP contribution in [0.2, 0.25) is 0 Å². The molecule has 1 heterocycles. The van der Waals surface area contributed by atoms with Crippen molar-refractivity contribution in [2.24, 2.45) is 0 Å². The molecule has 0 fully saturated rings. The number of hydrogen-bond acceptors (Lipinski definition) is 4. The Morgan fingerprint density at radius 3 is 2.04 bits per heavy atom. The number of halogens is 3. The van der Waals surface area contributed by atoms with Crippen molar-refractivity contribution in [1.29, 1.82) is 0 Å². The molecular formula is C21H21F3N4. The van der Waals surface area contributed by atoms with E-state index in [1.807, 2.05) is 24.3 Å². The average Bonchev–Trinajstić information content (AvgIpc) is 2.72. The largest absolute Gasteiger partial charge is 0.421 e. The maximum Gasteiger partial charge on any atom is 0.421 e. The number of aromatic nitrogens is 2. The summed E-state index contributed by atoms with van der Waals surface area (Å²) in [5.41, 5.74) is 1.70. The van der Waals surface area contributed by atoms with Crippen LogP contribution in [0.4, 0.5) is 36.3 Å². The van der Waals surface area contributed by atoms with Crippen LogP contribution in [-0.2, 0) is 12.6 Å². The average molecular weight is 386 g/mol. The van der Waals surface area contributed by atoms with Gasteiger partial charge in [-0.05, 0) is 36.2 Å². The van der Waals surface area contributed by atoms with E-state index in [0.717, 1.165) is 18.3 Å². The lowest BCUT2D eigenvalue weighted by molar-refractivity contribution is -0.137. The molecule has 0 spiro atoms. The molecule has 0 aliphatic rings. The van der Waals surface area contributed by atoms with Crippen molar-refractivity contribution in [3.8, 4) is 0 Å². The van der Waals surface area contributed by atoms with Crippen molar-refractivity contribution in [2.45, 2.75) is 19.5 Å². The standard InChI is InChI=1S/C21H21F3N4/c1-4-15-10-12-17(13-11-15)28(3)20-25-14-18(21(22,23)24)19(26-20)27(2)16-8-6-5-7-9-16/h5-14H,4H2,1-3H3. The van der Waals surface area contributed by atoms with Gasteiger partial charge in [0.2, 0.25) is 5.95 Å². The maximum absolute atomic E-state index is 13.5. The van der Waals surface area contributed by atoms with Crippen LogP contribution in [0, 0.1) is 0 Å². The highest BCUT2D eigenvalue weighted by molar-refractivity contribution is 5.65. The number of rotatable bonds is 5. The monoisotopic (exact) mass is 386 g/mol. The number of alkyl halides is 3. The van der Waals surface area contributed by atoms with Gasteiger partial charge in [-0.2, -0.15) is 18.2 Å². The zero-order valence-electron chi connectivity index (χ0n) is 15.9. The first-order chi connectivity index (χ1) is 13.3. The zero-order valence-corrected chi connectivity index (χ0v) is 15.9. The van der Waals surface area contributed by atoms with Gasteiger partial charge in [-0.1, -0.05) is 37.3 Å². The van der Waals surface area contributed by atoms with Gasteiger partial charge in [0, 0.05) is 31.7 Å². The quantitative estimate of drug-likeness (QED) is 0.572. The second kappa shape index (κ2) is 7.88. The fourth-order valence-electron chi connectivity index (χ4n) is 2.83. The van der Waals surface area contributed by atoms with Crippen LogP contribution in [-0.4, -0.2) is 24.1 Å². The van der Waals surface area contributed by atoms with Crippen molar-refractivity contribution in [3.05, 3.63) is 71.9 Å². The summed E-state index contributed by atoms with van der Waals surface area (Å²) in [7, 11) is 3.29. The third kappa shape index (κ3) is 4.08. The Bertz CT molecular complexity index is 925. The van der Waals surface area contributed by atoms with Crippen molar-refractivity contribution in [1.82, 2.24) is 9.97 Å². The van der Waals surface area contributed by atoms with E-state index in [1.165, 1.54) is 10.5 Å². The smallest absolute Gasteiger partial charge is 0.329 e. The van der Waals surface area contributed by atoms with Crippen LogP contribution in [0.3, 0.4) is 0 Å². The maximum atomic E-state index is 13.5. The molecule has 0 unspecified atom stereocenters. The number of benzene rings is 2. The molecule has 0 aliphatic heterocycles. The van der Waals surface area contributed by atoms with Crippen LogP contribution in [0.15, 0.2) is 60.8 Å². The fraction of sp³-hybridized carbons (Fsp3) is 0.238. The van der Waals surface area contributed by atoms with Crippen LogP contribution < -0.4 is 9.80 Å². The van der Waals surface area contributed by atoms with E-state index in [2.05, 4.69) is 16.9 Å². The molecule has 0 radical (unpaired) electrons. The second-order valence-corrected chi connectivity index (χ2v) is 6.38. The molecule has 1 aromatic heterocycles. The topological polar surface area (TPSA) is 32.3 Å². The molecule has 2 aromatic carbocycles. The van der Waals surface area contributed by atoms with Crippen LogP contribution in [0.5, 0.6) is 0 Å². The molecule has 0 N–H and O–H groups in total. The summed E-state index contributed by atoms with van der Waals surface area (Å²) in [6.45, 7) is 2.06. The molecular weight excluding hydrogens is 365 g/mol. The van der Waals surface area contributed by atoms with Crippen LogP contribution in [0.1, 0.15) is 18.1 Å². The number of anilines is 4. The first-order valence-corrected chi connectivity index (χ1v) is 8.87. The minimum absolute atomic E-state index is 0.190. The third-order valence-corrected chi connectivity index (χ3v) is 4.55. The summed E-state index contributed by atoms with van der Waals surface area (Å²) >= 11 is 0. The molecule has 0 saturated carbocycles. The summed E-state index contributed by atoms with van der Waals surface area (Å²) < 4.78 is 40.6. The van der Waals surface area contributed by atoms with Crippen molar-refractivity contribution in [2.75, 3.05) is 23.9 Å². The normalized spacial score (nSPS) is 11.4. The Morgan fingerprint density at radius 1 is 0.857 bits per heavy atom. The lowest BCUT2D eigenvalue weighted by Crippen LogP contribution is -2.21. The lowest BCUT2D eigenvalue weighted by Gasteiger charge is -2.25. The molecule has 3 rings (SSSR count). The molecule has 146 valence electrons. The van der Waals surface area contributed by atoms with E-state index in [4.69, 9.17) is 0 Å². The van der Waals surface area contributed by atoms with E-state index in [9.17, 15) is 13.2 Å². The molecule has 0 saturated heterocycles. The first kappa shape index (κ1) is 19.7. The van der Waals surface area contributed by atoms with E-state index in [0.29, 0.717) is 5.69 Å². The number of aryl methyl sites for hydroxylation is 1. The highest BCUT2D eigenvalue weighted by Crippen LogP contribution is 2.38. The van der Waals surface area contributed by atoms with Gasteiger partial charge >= 0.3 is 6.18 Å². The molecule has 0 bridgehead atoms. The van der Waals surface area contributed by atoms with Gasteiger partial charge in [0.1, 0.15) is 5.56 Å². The molecule has 3 aromatic rings. The molecule has 7 heteroatoms. The van der Waals surface area contributed by atoms with Gasteiger partial charge in [0.15, 0.2) is 5.82 Å². The van der Waals surface area contributed by atoms with Gasteiger partial charge in [-0.15, -0.1) is 0 Å². The van der Waals surface area contributed by atoms with Crippen LogP contribution >= 0.6 is 0 Å². The number of nitrogens with zero attached hydrogens (tertiary/aromatic N) is 4. The Kier molecular flexibility index (Phi) is 5.53. The second-order valence-electron chi connectivity index (χ2n) is 6.38. The summed E-state index contributed by atoms with van der Waals surface area (Å²) in [5.74, 6) is -0.00393. The Hall–Kier alpha value is -3.09. The van der Waals surface area contributed by atoms with Gasteiger partial charge in [0.25, 0.3) is 0 Å². The highest BCUT2D eigenvalue weighted by Gasteiger charge is 2.36. The van der Waals surface area contributed by atoms with E-state index in [1.54, 1.807) is 49.3 Å². The molecule has 0 atom stereocenters. The third-order valence-electron chi connectivity index (χ3n) is 4.55. The Labute approximate surface area is 162 Å². The minimum atomic E-state index is -4.56. The molecule has 4 nitrogen and oxygen atoms in total. The van der Waals surface area contributed by atoms with Crippen molar-refractivity contribution in [3.63, 3.8) is 0 Å². The summed E-state index contributed by atoms with van der Waals surface area (Å²) in [6.07, 6.45) is -2.81. The number of para-hydroxylation sites is 1. The first-order valence-electron chi connectivity index (χ1n) is 8.87. The van der Waals surface area contributed by atoms with Crippen molar-refractivity contribution < 1.29 is 13.2 Å². The predicted octanol–water partition coefficient (Wildman–Crippen LogP) is 5.59. The van der Waals surface area contributed by atoms with Gasteiger partial charge < -0.3 is 9.80 Å². The Balaban J connectivity index is 2.04. The predicted molar refractivity (Wildman–Crippen MR) is 105 cm³/mol. The van der Waals surface area contributed by atoms with E-state index in [-0.39, 0.29) is 11.8 Å². The summed E-state index contributed by atoms with van der Waals surface area (Å²) in [6, 6.07) is 16.6. The zero-order chi connectivity index (χ0) is 20.3. The van der Waals surface area contributed by atoms with Gasteiger partial charge in [-0.3, -0.25) is 0 Å². The number of hydrogen-bond donors (Lipinski definition) is 0. The molecule has 0 amide bonds. The van der Waals surface area contributed by atoms with E-state index < -0.39 is 11.7 Å². The van der Waals surface area contributed by atoms with Crippen molar-refractivity contribution >= 4 is 23.1 Å². The lowest BCUT2D eigenvalue weighted by atomic mass is 10.1. The summed E-state index contributed by atoms with van der Waals surface area (Å²) in [5, 5.41) is 0. The van der Waals surface area contributed by atoms with Gasteiger partial charge in [-0.25, -0.2) is 4.98 Å². The Morgan fingerprint density at radius 2 is 1.46 bits per heavy atom.